The molecule has 7 heteroatoms. The summed E-state index contributed by atoms with van der Waals surface area (Å²) in [4.78, 5) is 26.0. The van der Waals surface area contributed by atoms with Crippen molar-refractivity contribution in [1.82, 2.24) is 0 Å². The largest absolute Gasteiger partial charge is 0.493 e. The summed E-state index contributed by atoms with van der Waals surface area (Å²) in [5, 5.41) is 3.32. The lowest BCUT2D eigenvalue weighted by Crippen LogP contribution is -2.16. The molecule has 0 atom stereocenters. The third kappa shape index (κ3) is 5.60. The topological polar surface area (TPSA) is 73.9 Å². The first-order chi connectivity index (χ1) is 13.8. The summed E-state index contributed by atoms with van der Waals surface area (Å²) in [6, 6.07) is 5.37. The third-order valence-corrected chi connectivity index (χ3v) is 5.24. The molecular formula is C22H27NO5S. The van der Waals surface area contributed by atoms with Crippen molar-refractivity contribution in [2.75, 3.05) is 19.5 Å². The normalized spacial score (nSPS) is 11.0. The Morgan fingerprint density at radius 2 is 1.86 bits per heavy atom. The highest BCUT2D eigenvalue weighted by Gasteiger charge is 2.23. The summed E-state index contributed by atoms with van der Waals surface area (Å²) >= 11 is 1.38. The zero-order valence-electron chi connectivity index (χ0n) is 17.6. The molecular weight excluding hydrogens is 390 g/mol. The first-order valence-electron chi connectivity index (χ1n) is 9.35. The van der Waals surface area contributed by atoms with E-state index in [1.54, 1.807) is 46.3 Å². The van der Waals surface area contributed by atoms with E-state index in [1.165, 1.54) is 17.4 Å². The summed E-state index contributed by atoms with van der Waals surface area (Å²) in [7, 11) is 3.12. The van der Waals surface area contributed by atoms with Crippen molar-refractivity contribution < 1.29 is 23.8 Å². The molecule has 0 unspecified atom stereocenters. The van der Waals surface area contributed by atoms with Crippen LogP contribution in [0.1, 0.15) is 47.1 Å². The molecule has 0 aliphatic rings. The second kappa shape index (κ2) is 10.1. The van der Waals surface area contributed by atoms with Crippen molar-refractivity contribution in [3.8, 4) is 11.5 Å². The highest BCUT2D eigenvalue weighted by Crippen LogP contribution is 2.34. The number of hydrogen-bond acceptors (Lipinski definition) is 6. The number of anilines is 1. The molecule has 1 N–H and O–H groups in total. The summed E-state index contributed by atoms with van der Waals surface area (Å²) in [6.07, 6.45) is 3.53. The summed E-state index contributed by atoms with van der Waals surface area (Å²) in [6.45, 7) is 7.51. The highest BCUT2D eigenvalue weighted by molar-refractivity contribution is 7.16. The molecule has 0 saturated heterocycles. The fourth-order valence-corrected chi connectivity index (χ4v) is 4.00. The maximum Gasteiger partial charge on any atom is 0.341 e. The molecule has 0 spiro atoms. The monoisotopic (exact) mass is 417 g/mol. The molecule has 1 aromatic heterocycles. The van der Waals surface area contributed by atoms with Gasteiger partial charge in [0.05, 0.1) is 25.9 Å². The van der Waals surface area contributed by atoms with Gasteiger partial charge in [-0.3, -0.25) is 4.79 Å². The van der Waals surface area contributed by atoms with Gasteiger partial charge in [0.15, 0.2) is 11.5 Å². The Morgan fingerprint density at radius 1 is 1.17 bits per heavy atom. The van der Waals surface area contributed by atoms with E-state index in [9.17, 15) is 9.59 Å². The molecule has 1 heterocycles. The van der Waals surface area contributed by atoms with Crippen LogP contribution >= 0.6 is 11.3 Å². The number of ether oxygens (including phenoxy) is 3. The van der Waals surface area contributed by atoms with Gasteiger partial charge in [-0.2, -0.15) is 0 Å². The van der Waals surface area contributed by atoms with Crippen LogP contribution in [0, 0.1) is 6.92 Å². The van der Waals surface area contributed by atoms with Crippen LogP contribution in [0.2, 0.25) is 0 Å². The Kier molecular flexibility index (Phi) is 7.84. The van der Waals surface area contributed by atoms with Gasteiger partial charge in [0.25, 0.3) is 0 Å². The smallest absolute Gasteiger partial charge is 0.341 e. The quantitative estimate of drug-likeness (QED) is 0.491. The van der Waals surface area contributed by atoms with E-state index in [-0.39, 0.29) is 12.0 Å². The molecule has 0 aliphatic heterocycles. The maximum absolute atomic E-state index is 12.6. The van der Waals surface area contributed by atoms with Crippen LogP contribution in [0.15, 0.2) is 24.3 Å². The Morgan fingerprint density at radius 3 is 2.45 bits per heavy atom. The van der Waals surface area contributed by atoms with Gasteiger partial charge < -0.3 is 19.5 Å². The predicted molar refractivity (Wildman–Crippen MR) is 116 cm³/mol. The first kappa shape index (κ1) is 22.5. The van der Waals surface area contributed by atoms with E-state index in [0.717, 1.165) is 16.0 Å². The molecule has 1 aromatic carbocycles. The molecule has 6 nitrogen and oxygen atoms in total. The van der Waals surface area contributed by atoms with Crippen LogP contribution in [0.5, 0.6) is 11.5 Å². The van der Waals surface area contributed by atoms with Crippen LogP contribution in [-0.2, 0) is 16.0 Å². The predicted octanol–water partition coefficient (Wildman–Crippen LogP) is 4.85. The van der Waals surface area contributed by atoms with Crippen LogP contribution in [0.3, 0.4) is 0 Å². The summed E-state index contributed by atoms with van der Waals surface area (Å²) in [5.41, 5.74) is 2.13. The van der Waals surface area contributed by atoms with Crippen LogP contribution < -0.4 is 14.8 Å². The van der Waals surface area contributed by atoms with Crippen LogP contribution in [-0.4, -0.2) is 32.2 Å². The van der Waals surface area contributed by atoms with Crippen LogP contribution in [0.4, 0.5) is 5.00 Å². The summed E-state index contributed by atoms with van der Waals surface area (Å²) < 4.78 is 15.8. The number of thiophene rings is 1. The van der Waals surface area contributed by atoms with Crippen molar-refractivity contribution >= 4 is 34.3 Å². The third-order valence-electron chi connectivity index (χ3n) is 4.18. The fraction of sp³-hybridized carbons (Fsp3) is 0.364. The Labute approximate surface area is 175 Å². The Bertz CT molecular complexity index is 914. The number of aryl methyl sites for hydroxylation is 1. The van der Waals surface area contributed by atoms with Gasteiger partial charge in [0.2, 0.25) is 5.91 Å². The number of benzene rings is 1. The molecule has 1 amide bonds. The van der Waals surface area contributed by atoms with Crippen molar-refractivity contribution in [3.63, 3.8) is 0 Å². The average molecular weight is 418 g/mol. The van der Waals surface area contributed by atoms with Gasteiger partial charge in [-0.05, 0) is 56.5 Å². The number of methoxy groups -OCH3 is 2. The molecule has 0 bridgehead atoms. The number of rotatable bonds is 8. The molecule has 0 fully saturated rings. The molecule has 156 valence electrons. The zero-order valence-corrected chi connectivity index (χ0v) is 18.4. The highest BCUT2D eigenvalue weighted by atomic mass is 32.1. The van der Waals surface area contributed by atoms with Crippen LogP contribution in [0.25, 0.3) is 6.08 Å². The second-order valence-electron chi connectivity index (χ2n) is 6.59. The SMILES string of the molecule is CCc1c(C)sc(NC(=O)/C=C/c2ccc(OC)c(OC)c2)c1C(=O)OC(C)C. The lowest BCUT2D eigenvalue weighted by molar-refractivity contribution is -0.111. The molecule has 0 radical (unpaired) electrons. The Balaban J connectivity index is 2.22. The van der Waals surface area contributed by atoms with Gasteiger partial charge in [0, 0.05) is 11.0 Å². The number of carbonyl (C=O) groups is 2. The molecule has 2 aromatic rings. The lowest BCUT2D eigenvalue weighted by atomic mass is 10.1. The number of esters is 1. The van der Waals surface area contributed by atoms with E-state index in [0.29, 0.717) is 28.5 Å². The number of nitrogens with one attached hydrogen (secondary N) is 1. The van der Waals surface area contributed by atoms with Gasteiger partial charge in [-0.1, -0.05) is 13.0 Å². The van der Waals surface area contributed by atoms with Gasteiger partial charge >= 0.3 is 5.97 Å². The molecule has 0 saturated carbocycles. The van der Waals surface area contributed by atoms with E-state index in [2.05, 4.69) is 5.32 Å². The maximum atomic E-state index is 12.6. The van der Waals surface area contributed by atoms with Gasteiger partial charge in [-0.25, -0.2) is 4.79 Å². The Hall–Kier alpha value is -2.80. The second-order valence-corrected chi connectivity index (χ2v) is 7.81. The number of carbonyl (C=O) groups excluding carboxylic acids is 2. The van der Waals surface area contributed by atoms with Gasteiger partial charge in [0.1, 0.15) is 5.00 Å². The average Bonchev–Trinajstić information content (AvgIpc) is 3.00. The minimum atomic E-state index is -0.416. The minimum Gasteiger partial charge on any atom is -0.493 e. The number of amides is 1. The summed E-state index contributed by atoms with van der Waals surface area (Å²) in [5.74, 6) is 0.446. The number of hydrogen-bond donors (Lipinski definition) is 1. The van der Waals surface area contributed by atoms with E-state index in [1.807, 2.05) is 19.9 Å². The molecule has 0 aliphatic carbocycles. The standard InChI is InChI=1S/C22H27NO5S/c1-7-16-14(4)29-21(20(16)22(25)28-13(2)3)23-19(24)11-9-15-8-10-17(26-5)18(12-15)27-6/h8-13H,7H2,1-6H3,(H,23,24)/b11-9+. The minimum absolute atomic E-state index is 0.235. The van der Waals surface area contributed by atoms with E-state index < -0.39 is 5.97 Å². The first-order valence-corrected chi connectivity index (χ1v) is 10.2. The van der Waals surface area contributed by atoms with E-state index >= 15 is 0 Å². The van der Waals surface area contributed by atoms with E-state index in [4.69, 9.17) is 14.2 Å². The van der Waals surface area contributed by atoms with Crippen molar-refractivity contribution in [2.24, 2.45) is 0 Å². The fourth-order valence-electron chi connectivity index (χ4n) is 2.86. The van der Waals surface area contributed by atoms with Crippen molar-refractivity contribution in [1.29, 1.82) is 0 Å². The lowest BCUT2D eigenvalue weighted by Gasteiger charge is -2.10. The molecule has 29 heavy (non-hydrogen) atoms. The van der Waals surface area contributed by atoms with Gasteiger partial charge in [-0.15, -0.1) is 11.3 Å². The van der Waals surface area contributed by atoms with Crippen molar-refractivity contribution in [2.45, 2.75) is 40.2 Å². The molecule has 2 rings (SSSR count). The van der Waals surface area contributed by atoms with Crippen molar-refractivity contribution in [3.05, 3.63) is 45.8 Å². The zero-order chi connectivity index (χ0) is 21.6.